The van der Waals surface area contributed by atoms with Crippen LogP contribution >= 0.6 is 0 Å². The smallest absolute Gasteiger partial charge is 0.221 e. The van der Waals surface area contributed by atoms with Gasteiger partial charge in [0.15, 0.2) is 0 Å². The third-order valence-electron chi connectivity index (χ3n) is 8.80. The van der Waals surface area contributed by atoms with Crippen molar-refractivity contribution in [2.45, 2.75) is 20.8 Å². The third-order valence-corrected chi connectivity index (χ3v) is 8.80. The summed E-state index contributed by atoms with van der Waals surface area (Å²) in [5, 5.41) is 1.50. The quantitative estimate of drug-likeness (QED) is 0.173. The van der Waals surface area contributed by atoms with Crippen molar-refractivity contribution in [1.29, 1.82) is 0 Å². The number of pyridine rings is 1. The van der Waals surface area contributed by atoms with Gasteiger partial charge in [0, 0.05) is 56.0 Å². The molecule has 2 saturated heterocycles. The second kappa shape index (κ2) is 11.2. The highest BCUT2D eigenvalue weighted by Gasteiger charge is 2.30. The molecule has 7 rings (SSSR count). The Hall–Kier alpha value is -4.07. The number of rotatable bonds is 4. The van der Waals surface area contributed by atoms with E-state index in [1.165, 1.54) is 0 Å². The van der Waals surface area contributed by atoms with E-state index in [-0.39, 0.29) is 11.6 Å². The Kier molecular flexibility index (Phi) is 7.23. The van der Waals surface area contributed by atoms with Crippen LogP contribution in [0, 0.1) is 32.4 Å². The van der Waals surface area contributed by atoms with E-state index >= 15 is 8.78 Å². The first kappa shape index (κ1) is 27.7. The fourth-order valence-corrected chi connectivity index (χ4v) is 6.94. The molecular formula is C36H36F2N3O2+. The highest BCUT2D eigenvalue weighted by molar-refractivity contribution is 6.10. The average Bonchev–Trinajstić information content (AvgIpc) is 3.01. The van der Waals surface area contributed by atoms with Gasteiger partial charge in [0.1, 0.15) is 11.6 Å². The fraction of sp³-hybridized carbons (Fsp3) is 0.306. The van der Waals surface area contributed by atoms with Crippen molar-refractivity contribution in [1.82, 2.24) is 0 Å². The van der Waals surface area contributed by atoms with Gasteiger partial charge in [0.2, 0.25) is 16.7 Å². The minimum atomic E-state index is -0.289. The first-order chi connectivity index (χ1) is 20.9. The zero-order valence-corrected chi connectivity index (χ0v) is 24.9. The highest BCUT2D eigenvalue weighted by atomic mass is 19.1. The largest absolute Gasteiger partial charge is 0.378 e. The number of para-hydroxylation sites is 1. The number of hydrogen-bond donors (Lipinski definition) is 0. The van der Waals surface area contributed by atoms with Gasteiger partial charge in [0.25, 0.3) is 0 Å². The molecule has 0 unspecified atom stereocenters. The van der Waals surface area contributed by atoms with E-state index in [9.17, 15) is 0 Å². The summed E-state index contributed by atoms with van der Waals surface area (Å²) in [4.78, 5) is 4.12. The molecule has 3 heterocycles. The maximum absolute atomic E-state index is 16.2. The fourth-order valence-electron chi connectivity index (χ4n) is 6.94. The van der Waals surface area contributed by atoms with Gasteiger partial charge in [-0.2, -0.15) is 4.57 Å². The maximum atomic E-state index is 16.2. The molecule has 0 atom stereocenters. The molecule has 2 fully saturated rings. The van der Waals surface area contributed by atoms with Crippen LogP contribution in [0.2, 0.25) is 0 Å². The molecule has 0 radical (unpaired) electrons. The molecule has 0 saturated carbocycles. The predicted octanol–water partition coefficient (Wildman–Crippen LogP) is 6.81. The first-order valence-electron chi connectivity index (χ1n) is 15.0. The molecule has 1 aromatic heterocycles. The summed E-state index contributed by atoms with van der Waals surface area (Å²) in [6, 6.07) is 21.6. The second-order valence-corrected chi connectivity index (χ2v) is 11.7. The highest BCUT2D eigenvalue weighted by Crippen LogP contribution is 2.42. The number of hydrogen-bond acceptors (Lipinski definition) is 4. The molecule has 4 aromatic carbocycles. The molecule has 220 valence electrons. The third kappa shape index (κ3) is 4.90. The van der Waals surface area contributed by atoms with E-state index in [0.29, 0.717) is 64.0 Å². The van der Waals surface area contributed by atoms with Crippen molar-refractivity contribution in [2.75, 3.05) is 62.4 Å². The van der Waals surface area contributed by atoms with E-state index in [0.717, 1.165) is 55.3 Å². The van der Waals surface area contributed by atoms with Gasteiger partial charge in [-0.3, -0.25) is 0 Å². The monoisotopic (exact) mass is 580 g/mol. The van der Waals surface area contributed by atoms with Gasteiger partial charge < -0.3 is 19.3 Å². The summed E-state index contributed by atoms with van der Waals surface area (Å²) in [7, 11) is 0. The summed E-state index contributed by atoms with van der Waals surface area (Å²) >= 11 is 0. The Morgan fingerprint density at radius 1 is 0.605 bits per heavy atom. The lowest BCUT2D eigenvalue weighted by molar-refractivity contribution is -0.537. The summed E-state index contributed by atoms with van der Waals surface area (Å²) in [5.74, 6) is -0.579. The minimum Gasteiger partial charge on any atom is -0.378 e. The van der Waals surface area contributed by atoms with Crippen molar-refractivity contribution < 1.29 is 22.8 Å². The topological polar surface area (TPSA) is 28.8 Å². The van der Waals surface area contributed by atoms with E-state index in [4.69, 9.17) is 9.47 Å². The van der Waals surface area contributed by atoms with Crippen LogP contribution in [-0.2, 0) is 9.47 Å². The number of benzene rings is 4. The predicted molar refractivity (Wildman–Crippen MR) is 169 cm³/mol. The lowest BCUT2D eigenvalue weighted by atomic mass is 9.88. The molecule has 43 heavy (non-hydrogen) atoms. The van der Waals surface area contributed by atoms with Crippen LogP contribution in [-0.4, -0.2) is 52.6 Å². The van der Waals surface area contributed by atoms with Crippen molar-refractivity contribution in [2.24, 2.45) is 0 Å². The van der Waals surface area contributed by atoms with Gasteiger partial charge >= 0.3 is 0 Å². The lowest BCUT2D eigenvalue weighted by Gasteiger charge is -2.30. The van der Waals surface area contributed by atoms with Gasteiger partial charge in [-0.15, -0.1) is 0 Å². The van der Waals surface area contributed by atoms with Gasteiger partial charge in [-0.1, -0.05) is 35.9 Å². The molecule has 0 spiro atoms. The number of ether oxygens (including phenoxy) is 2. The first-order valence-corrected chi connectivity index (χ1v) is 15.0. The Balaban J connectivity index is 1.65. The second-order valence-electron chi connectivity index (χ2n) is 11.7. The molecule has 0 N–H and O–H groups in total. The van der Waals surface area contributed by atoms with Crippen LogP contribution in [0.1, 0.15) is 16.7 Å². The van der Waals surface area contributed by atoms with Gasteiger partial charge in [-0.05, 0) is 49.6 Å². The molecule has 0 aliphatic carbocycles. The zero-order valence-electron chi connectivity index (χ0n) is 24.9. The number of anilines is 2. The number of nitrogens with zero attached hydrogens (tertiary/aromatic N) is 3. The van der Waals surface area contributed by atoms with Crippen LogP contribution in [0.5, 0.6) is 0 Å². The Labute approximate surface area is 250 Å². The minimum absolute atomic E-state index is 0.289. The van der Waals surface area contributed by atoms with Crippen LogP contribution in [0.4, 0.5) is 20.2 Å². The van der Waals surface area contributed by atoms with Gasteiger partial charge in [-0.25, -0.2) is 8.78 Å². The molecular weight excluding hydrogens is 544 g/mol. The van der Waals surface area contributed by atoms with Crippen LogP contribution in [0.25, 0.3) is 38.6 Å². The summed E-state index contributed by atoms with van der Waals surface area (Å²) in [6.07, 6.45) is 0. The molecule has 0 bridgehead atoms. The van der Waals surface area contributed by atoms with Crippen molar-refractivity contribution in [3.05, 3.63) is 95.1 Å². The van der Waals surface area contributed by atoms with E-state index in [1.54, 1.807) is 12.1 Å². The van der Waals surface area contributed by atoms with E-state index in [1.807, 2.05) is 30.3 Å². The van der Waals surface area contributed by atoms with Crippen molar-refractivity contribution in [3.8, 4) is 16.8 Å². The molecule has 7 heteroatoms. The molecule has 0 amide bonds. The summed E-state index contributed by atoms with van der Waals surface area (Å²) in [5.41, 5.74) is 8.96. The molecule has 2 aliphatic rings. The number of fused-ring (bicyclic) bond motifs is 2. The van der Waals surface area contributed by atoms with Crippen molar-refractivity contribution in [3.63, 3.8) is 0 Å². The zero-order chi connectivity index (χ0) is 29.7. The van der Waals surface area contributed by atoms with E-state index < -0.39 is 0 Å². The Morgan fingerprint density at radius 3 is 1.53 bits per heavy atom. The number of morpholine rings is 2. The van der Waals surface area contributed by atoms with Crippen molar-refractivity contribution >= 4 is 33.2 Å². The normalized spacial score (nSPS) is 15.9. The Morgan fingerprint density at radius 2 is 1.07 bits per heavy atom. The Bertz CT molecular complexity index is 1740. The van der Waals surface area contributed by atoms with Crippen LogP contribution in [0.3, 0.4) is 0 Å². The summed E-state index contributed by atoms with van der Waals surface area (Å²) < 4.78 is 45.7. The van der Waals surface area contributed by atoms with Crippen LogP contribution < -0.4 is 14.4 Å². The van der Waals surface area contributed by atoms with Gasteiger partial charge in [0.05, 0.1) is 48.6 Å². The summed E-state index contributed by atoms with van der Waals surface area (Å²) in [6.45, 7) is 11.0. The molecule has 5 nitrogen and oxygen atoms in total. The number of aromatic nitrogens is 1. The SMILES string of the molecule is Cc1cc(C)c(-c2c3cc(F)c(N4CCOCC4)cc3[n+](-c3ccccc3)c3cc(N4CCOCC4)c(F)cc23)c(C)c1. The van der Waals surface area contributed by atoms with Crippen LogP contribution in [0.15, 0.2) is 66.7 Å². The number of aryl methyl sites for hydroxylation is 3. The maximum Gasteiger partial charge on any atom is 0.221 e. The average molecular weight is 581 g/mol. The molecule has 2 aliphatic heterocycles. The standard InChI is InChI=1S/C36H36F2N3O2/c1-23-17-24(2)35(25(3)18-23)36-27-19-29(37)33(39-9-13-42-14-10-39)21-31(27)41(26-7-5-4-6-8-26)32-22-34(30(38)20-28(32)36)40-11-15-43-16-12-40/h4-8,17-22H,9-16H2,1-3H3/q+1. The molecule has 5 aromatic rings. The lowest BCUT2D eigenvalue weighted by Crippen LogP contribution is -2.38. The number of halogens is 2. The van der Waals surface area contributed by atoms with E-state index in [2.05, 4.69) is 59.4 Å².